The van der Waals surface area contributed by atoms with Crippen LogP contribution in [-0.2, 0) is 11.0 Å². The van der Waals surface area contributed by atoms with E-state index in [1.807, 2.05) is 0 Å². The van der Waals surface area contributed by atoms with Gasteiger partial charge in [0.05, 0.1) is 36.1 Å². The maximum absolute atomic E-state index is 13.2. The highest BCUT2D eigenvalue weighted by Gasteiger charge is 2.58. The van der Waals surface area contributed by atoms with Crippen LogP contribution < -0.4 is 4.90 Å². The molecule has 0 aliphatic carbocycles. The van der Waals surface area contributed by atoms with E-state index >= 15 is 0 Å². The maximum Gasteiger partial charge on any atom is 0.417 e. The Labute approximate surface area is 146 Å². The number of anilines is 1. The van der Waals surface area contributed by atoms with Crippen molar-refractivity contribution in [2.24, 2.45) is 0 Å². The van der Waals surface area contributed by atoms with Gasteiger partial charge in [0.1, 0.15) is 0 Å². The van der Waals surface area contributed by atoms with Crippen LogP contribution in [0.25, 0.3) is 0 Å². The molecule has 3 amide bonds. The van der Waals surface area contributed by atoms with E-state index in [1.54, 1.807) is 0 Å². The minimum Gasteiger partial charge on any atom is -0.393 e. The van der Waals surface area contributed by atoms with Crippen molar-refractivity contribution in [1.29, 1.82) is 5.26 Å². The summed E-state index contributed by atoms with van der Waals surface area (Å²) in [5.74, 6) is -1.04. The normalized spacial score (nSPS) is 17.2. The molecule has 0 saturated carbocycles. The van der Waals surface area contributed by atoms with E-state index in [2.05, 4.69) is 0 Å². The zero-order valence-corrected chi connectivity index (χ0v) is 13.9. The van der Waals surface area contributed by atoms with Crippen molar-refractivity contribution in [1.82, 2.24) is 4.90 Å². The number of hydrogen-bond acceptors (Lipinski definition) is 5. The van der Waals surface area contributed by atoms with Gasteiger partial charge in [0.2, 0.25) is 0 Å². The monoisotopic (exact) mass is 371 g/mol. The molecule has 1 aromatic carbocycles. The fraction of sp³-hybridized carbons (Fsp3) is 0.438. The van der Waals surface area contributed by atoms with Gasteiger partial charge in [0, 0.05) is 6.04 Å². The zero-order chi connectivity index (χ0) is 19.9. The lowest BCUT2D eigenvalue weighted by molar-refractivity contribution is -0.138. The van der Waals surface area contributed by atoms with Crippen LogP contribution in [0.3, 0.4) is 0 Å². The number of aliphatic hydroxyl groups excluding tert-OH is 2. The van der Waals surface area contributed by atoms with E-state index in [4.69, 9.17) is 5.26 Å². The first-order chi connectivity index (χ1) is 12.0. The lowest BCUT2D eigenvalue weighted by atomic mass is 9.98. The van der Waals surface area contributed by atoms with Crippen LogP contribution >= 0.6 is 0 Å². The van der Waals surface area contributed by atoms with Crippen LogP contribution in [0.4, 0.5) is 23.7 Å². The van der Waals surface area contributed by atoms with Gasteiger partial charge in [-0.05, 0) is 32.0 Å². The molecule has 2 rings (SSSR count). The molecule has 26 heavy (non-hydrogen) atoms. The van der Waals surface area contributed by atoms with Crippen molar-refractivity contribution in [3.05, 3.63) is 29.3 Å². The smallest absolute Gasteiger partial charge is 0.393 e. The average Bonchev–Trinajstić information content (AvgIpc) is 2.80. The molecule has 1 saturated heterocycles. The number of carbonyl (C=O) groups excluding carboxylic acids is 2. The summed E-state index contributed by atoms with van der Waals surface area (Å²) >= 11 is 0. The molecular weight excluding hydrogens is 355 g/mol. The minimum atomic E-state index is -4.87. The number of nitriles is 1. The number of alkyl halides is 3. The Hall–Kier alpha value is -2.64. The Morgan fingerprint density at radius 1 is 1.23 bits per heavy atom. The van der Waals surface area contributed by atoms with E-state index < -0.39 is 59.7 Å². The van der Waals surface area contributed by atoms with E-state index in [-0.39, 0.29) is 0 Å². The molecular formula is C16H16F3N3O4. The van der Waals surface area contributed by atoms with Gasteiger partial charge in [-0.25, -0.2) is 9.69 Å². The Morgan fingerprint density at radius 3 is 2.19 bits per heavy atom. The third kappa shape index (κ3) is 2.79. The van der Waals surface area contributed by atoms with Gasteiger partial charge in [-0.2, -0.15) is 18.4 Å². The number of imide groups is 1. The second-order valence-electron chi connectivity index (χ2n) is 6.07. The second kappa shape index (κ2) is 6.59. The number of urea groups is 1. The van der Waals surface area contributed by atoms with Crippen molar-refractivity contribution in [2.75, 3.05) is 18.1 Å². The molecule has 0 radical (unpaired) electrons. The summed E-state index contributed by atoms with van der Waals surface area (Å²) in [5.41, 5.74) is -4.32. The second-order valence-corrected chi connectivity index (χ2v) is 6.07. The molecule has 10 heteroatoms. The molecule has 0 aromatic heterocycles. The summed E-state index contributed by atoms with van der Waals surface area (Å²) in [7, 11) is 0. The molecule has 1 fully saturated rings. The molecule has 7 nitrogen and oxygen atoms in total. The van der Waals surface area contributed by atoms with Gasteiger partial charge in [-0.3, -0.25) is 4.79 Å². The lowest BCUT2D eigenvalue weighted by Crippen LogP contribution is -2.57. The summed E-state index contributed by atoms with van der Waals surface area (Å²) < 4.78 is 39.5. The SMILES string of the molecule is CC(C)N1C(=O)N(c2ccc(C#N)c(C(F)(F)F)c2)C(=O)C1(CO)CO. The molecule has 2 N–H and O–H groups in total. The third-order valence-electron chi connectivity index (χ3n) is 4.19. The summed E-state index contributed by atoms with van der Waals surface area (Å²) in [4.78, 5) is 26.8. The minimum absolute atomic E-state index is 0.402. The topological polar surface area (TPSA) is 105 Å². The van der Waals surface area contributed by atoms with Crippen molar-refractivity contribution < 1.29 is 33.0 Å². The number of nitrogens with zero attached hydrogens (tertiary/aromatic N) is 3. The van der Waals surface area contributed by atoms with Crippen molar-refractivity contribution in [2.45, 2.75) is 31.6 Å². The van der Waals surface area contributed by atoms with Crippen molar-refractivity contribution >= 4 is 17.6 Å². The van der Waals surface area contributed by atoms with E-state index in [9.17, 15) is 33.0 Å². The first-order valence-corrected chi connectivity index (χ1v) is 7.56. The molecule has 0 spiro atoms. The highest BCUT2D eigenvalue weighted by atomic mass is 19.4. The molecule has 1 aliphatic heterocycles. The molecule has 0 bridgehead atoms. The van der Waals surface area contributed by atoms with Crippen molar-refractivity contribution in [3.63, 3.8) is 0 Å². The van der Waals surface area contributed by atoms with Crippen LogP contribution in [0.2, 0.25) is 0 Å². The molecule has 1 aromatic rings. The van der Waals surface area contributed by atoms with Crippen LogP contribution in [0.15, 0.2) is 18.2 Å². The fourth-order valence-electron chi connectivity index (χ4n) is 2.97. The first kappa shape index (κ1) is 19.7. The number of amides is 3. The standard InChI is InChI=1S/C16H16F3N3O4/c1-9(2)22-14(26)21(13(25)15(22,7-23)8-24)11-4-3-10(6-20)12(5-11)16(17,18)19/h3-5,9,23-24H,7-8H2,1-2H3. The van der Waals surface area contributed by atoms with Crippen LogP contribution in [0, 0.1) is 11.3 Å². The molecule has 0 atom stereocenters. The molecule has 0 unspecified atom stereocenters. The number of hydrogen-bond donors (Lipinski definition) is 2. The van der Waals surface area contributed by atoms with Crippen LogP contribution in [0.5, 0.6) is 0 Å². The van der Waals surface area contributed by atoms with Gasteiger partial charge >= 0.3 is 12.2 Å². The number of halogens is 3. The Kier molecular flexibility index (Phi) is 4.98. The van der Waals surface area contributed by atoms with Crippen LogP contribution in [-0.4, -0.2) is 51.8 Å². The third-order valence-corrected chi connectivity index (χ3v) is 4.19. The van der Waals surface area contributed by atoms with E-state index in [0.717, 1.165) is 17.0 Å². The predicted octanol–water partition coefficient (Wildman–Crippen LogP) is 1.48. The predicted molar refractivity (Wildman–Crippen MR) is 82.9 cm³/mol. The Balaban J connectivity index is 2.64. The molecule has 140 valence electrons. The lowest BCUT2D eigenvalue weighted by Gasteiger charge is -2.34. The quantitative estimate of drug-likeness (QED) is 0.780. The highest BCUT2D eigenvalue weighted by molar-refractivity contribution is 6.23. The van der Waals surface area contributed by atoms with Gasteiger partial charge in [-0.1, -0.05) is 0 Å². The number of carbonyl (C=O) groups is 2. The summed E-state index contributed by atoms with van der Waals surface area (Å²) in [6.07, 6.45) is -4.87. The fourth-order valence-corrected chi connectivity index (χ4v) is 2.97. The molecule has 1 aliphatic rings. The number of aliphatic hydroxyl groups is 2. The Morgan fingerprint density at radius 2 is 1.81 bits per heavy atom. The number of rotatable bonds is 4. The zero-order valence-electron chi connectivity index (χ0n) is 13.9. The summed E-state index contributed by atoms with van der Waals surface area (Å²) in [5, 5.41) is 28.1. The largest absolute Gasteiger partial charge is 0.417 e. The van der Waals surface area contributed by atoms with Gasteiger partial charge in [0.25, 0.3) is 5.91 Å². The molecule has 1 heterocycles. The highest BCUT2D eigenvalue weighted by Crippen LogP contribution is 2.38. The van der Waals surface area contributed by atoms with E-state index in [1.165, 1.54) is 19.9 Å². The van der Waals surface area contributed by atoms with Crippen molar-refractivity contribution in [3.8, 4) is 6.07 Å². The number of benzene rings is 1. The summed E-state index contributed by atoms with van der Waals surface area (Å²) in [6, 6.07) is 2.25. The van der Waals surface area contributed by atoms with Crippen LogP contribution in [0.1, 0.15) is 25.0 Å². The Bertz CT molecular complexity index is 782. The summed E-state index contributed by atoms with van der Waals surface area (Å²) in [6.45, 7) is 1.28. The van der Waals surface area contributed by atoms with E-state index in [0.29, 0.717) is 11.0 Å². The maximum atomic E-state index is 13.2. The van der Waals surface area contributed by atoms with Gasteiger partial charge < -0.3 is 15.1 Å². The van der Waals surface area contributed by atoms with Gasteiger partial charge in [0.15, 0.2) is 5.54 Å². The van der Waals surface area contributed by atoms with Gasteiger partial charge in [-0.15, -0.1) is 0 Å². The first-order valence-electron chi connectivity index (χ1n) is 7.56. The average molecular weight is 371 g/mol.